The molecule has 3 heterocycles. The van der Waals surface area contributed by atoms with Crippen LogP contribution in [0.4, 0.5) is 0 Å². The van der Waals surface area contributed by atoms with Gasteiger partial charge in [0.2, 0.25) is 5.71 Å². The van der Waals surface area contributed by atoms with Crippen molar-refractivity contribution in [1.82, 2.24) is 9.97 Å². The molecule has 0 unspecified atom stereocenters. The van der Waals surface area contributed by atoms with Gasteiger partial charge in [-0.2, -0.15) is 0 Å². The molecule has 0 fully saturated rings. The summed E-state index contributed by atoms with van der Waals surface area (Å²) in [5, 5.41) is 3.63. The molecule has 3 nitrogen and oxygen atoms in total. The average molecular weight is 479 g/mol. The molecule has 8 aromatic rings. The summed E-state index contributed by atoms with van der Waals surface area (Å²) in [6.07, 6.45) is 0. The lowest BCUT2D eigenvalue weighted by Crippen LogP contribution is -1.84. The molecule has 0 amide bonds. The first kappa shape index (κ1) is 19.7. The number of para-hydroxylation sites is 2. The lowest BCUT2D eigenvalue weighted by atomic mass is 9.95. The number of hydrogen-bond donors (Lipinski definition) is 0. The molecule has 5 aromatic carbocycles. The minimum absolute atomic E-state index is 0.575. The maximum atomic E-state index is 6.05. The van der Waals surface area contributed by atoms with Gasteiger partial charge in [-0.05, 0) is 64.7 Å². The Balaban J connectivity index is 1.31. The molecule has 0 saturated heterocycles. The Morgan fingerprint density at radius 1 is 0.556 bits per heavy atom. The van der Waals surface area contributed by atoms with Gasteiger partial charge in [0, 0.05) is 25.6 Å². The van der Waals surface area contributed by atoms with E-state index in [1.165, 1.54) is 31.3 Å². The van der Waals surface area contributed by atoms with Crippen molar-refractivity contribution in [1.29, 1.82) is 0 Å². The van der Waals surface area contributed by atoms with Crippen LogP contribution in [0.15, 0.2) is 114 Å². The van der Waals surface area contributed by atoms with Crippen LogP contribution in [0.3, 0.4) is 0 Å². The third-order valence-corrected chi connectivity index (χ3v) is 8.03. The van der Waals surface area contributed by atoms with Crippen molar-refractivity contribution < 1.29 is 4.42 Å². The standard InChI is InChI=1S/C32H18N2OS/c1-4-13-28-23(9-1)30-22(10-6-14-29(30)36-28)21-8-5-7-19(17-21)20-15-16-27-24(18-20)31-32(35-27)34-26-12-3-2-11-25(26)33-31/h1-18H. The Morgan fingerprint density at radius 3 is 2.25 bits per heavy atom. The molecule has 0 bridgehead atoms. The van der Waals surface area contributed by atoms with Crippen LogP contribution in [0.25, 0.3) is 75.7 Å². The summed E-state index contributed by atoms with van der Waals surface area (Å²) in [5.41, 5.74) is 8.65. The van der Waals surface area contributed by atoms with Crippen LogP contribution in [0.2, 0.25) is 0 Å². The van der Waals surface area contributed by atoms with E-state index in [0.717, 1.165) is 38.6 Å². The van der Waals surface area contributed by atoms with Crippen molar-refractivity contribution in [3.63, 3.8) is 0 Å². The molecule has 8 rings (SSSR count). The van der Waals surface area contributed by atoms with E-state index in [1.807, 2.05) is 41.7 Å². The van der Waals surface area contributed by atoms with Crippen LogP contribution in [-0.2, 0) is 0 Å². The fraction of sp³-hybridized carbons (Fsp3) is 0. The van der Waals surface area contributed by atoms with E-state index in [2.05, 4.69) is 78.9 Å². The van der Waals surface area contributed by atoms with E-state index >= 15 is 0 Å². The minimum Gasteiger partial charge on any atom is -0.436 e. The first-order valence-corrected chi connectivity index (χ1v) is 12.7. The van der Waals surface area contributed by atoms with Gasteiger partial charge in [0.05, 0.1) is 11.0 Å². The second kappa shape index (κ2) is 7.48. The quantitative estimate of drug-likeness (QED) is 0.248. The highest BCUT2D eigenvalue weighted by atomic mass is 32.1. The van der Waals surface area contributed by atoms with Gasteiger partial charge < -0.3 is 4.42 Å². The van der Waals surface area contributed by atoms with Gasteiger partial charge in [-0.1, -0.05) is 66.7 Å². The molecule has 4 heteroatoms. The van der Waals surface area contributed by atoms with E-state index in [4.69, 9.17) is 14.4 Å². The Kier molecular flexibility index (Phi) is 4.10. The number of aromatic nitrogens is 2. The number of hydrogen-bond acceptors (Lipinski definition) is 4. The first-order chi connectivity index (χ1) is 17.8. The van der Waals surface area contributed by atoms with Gasteiger partial charge in [0.15, 0.2) is 0 Å². The zero-order chi connectivity index (χ0) is 23.6. The maximum Gasteiger partial charge on any atom is 0.246 e. The summed E-state index contributed by atoms with van der Waals surface area (Å²) in [6.45, 7) is 0. The van der Waals surface area contributed by atoms with E-state index in [1.54, 1.807) is 0 Å². The number of benzene rings is 5. The second-order valence-electron chi connectivity index (χ2n) is 9.04. The van der Waals surface area contributed by atoms with Crippen molar-refractivity contribution in [3.05, 3.63) is 109 Å². The summed E-state index contributed by atoms with van der Waals surface area (Å²) in [7, 11) is 0. The molecule has 0 N–H and O–H groups in total. The number of nitrogens with zero attached hydrogens (tertiary/aromatic N) is 2. The molecule has 0 aliphatic heterocycles. The number of furan rings is 1. The van der Waals surface area contributed by atoms with Crippen molar-refractivity contribution in [2.75, 3.05) is 0 Å². The third kappa shape index (κ3) is 2.92. The lowest BCUT2D eigenvalue weighted by molar-refractivity contribution is 0.655. The van der Waals surface area contributed by atoms with Gasteiger partial charge in [-0.3, -0.25) is 0 Å². The smallest absolute Gasteiger partial charge is 0.246 e. The summed E-state index contributed by atoms with van der Waals surface area (Å²) < 4.78 is 8.69. The second-order valence-corrected chi connectivity index (χ2v) is 10.1. The normalized spacial score (nSPS) is 11.9. The fourth-order valence-corrected chi connectivity index (χ4v) is 6.33. The predicted molar refractivity (Wildman–Crippen MR) is 151 cm³/mol. The Hall–Kier alpha value is -4.54. The highest BCUT2D eigenvalue weighted by Crippen LogP contribution is 2.41. The van der Waals surface area contributed by atoms with Crippen LogP contribution in [-0.4, -0.2) is 9.97 Å². The van der Waals surface area contributed by atoms with Gasteiger partial charge in [0.25, 0.3) is 0 Å². The highest BCUT2D eigenvalue weighted by molar-refractivity contribution is 7.25. The zero-order valence-electron chi connectivity index (χ0n) is 19.1. The minimum atomic E-state index is 0.575. The highest BCUT2D eigenvalue weighted by Gasteiger charge is 2.14. The molecule has 0 spiro atoms. The van der Waals surface area contributed by atoms with Gasteiger partial charge in [-0.25, -0.2) is 9.97 Å². The predicted octanol–water partition coefficient (Wildman–Crippen LogP) is 9.23. The van der Waals surface area contributed by atoms with Gasteiger partial charge in [-0.15, -0.1) is 11.3 Å². The molecule has 0 saturated carbocycles. The van der Waals surface area contributed by atoms with Gasteiger partial charge in [0.1, 0.15) is 11.1 Å². The Bertz CT molecular complexity index is 2120. The first-order valence-electron chi connectivity index (χ1n) is 11.9. The number of thiophene rings is 1. The number of rotatable bonds is 2. The average Bonchev–Trinajstić information content (AvgIpc) is 3.49. The SMILES string of the molecule is c1cc(-c2ccc3oc4nc5ccccc5nc4c3c2)cc(-c2cccc3sc4ccccc4c23)c1. The summed E-state index contributed by atoms with van der Waals surface area (Å²) >= 11 is 1.85. The van der Waals surface area contributed by atoms with E-state index < -0.39 is 0 Å². The summed E-state index contributed by atoms with van der Waals surface area (Å²) in [6, 6.07) is 38.3. The fourth-order valence-electron chi connectivity index (χ4n) is 5.20. The summed E-state index contributed by atoms with van der Waals surface area (Å²) in [5.74, 6) is 0. The Labute approximate surface area is 210 Å². The van der Waals surface area contributed by atoms with Crippen LogP contribution >= 0.6 is 11.3 Å². The molecular formula is C32H18N2OS. The molecule has 0 radical (unpaired) electrons. The summed E-state index contributed by atoms with van der Waals surface area (Å²) in [4.78, 5) is 9.56. The van der Waals surface area contributed by atoms with Crippen LogP contribution in [0, 0.1) is 0 Å². The molecule has 36 heavy (non-hydrogen) atoms. The lowest BCUT2D eigenvalue weighted by Gasteiger charge is -2.08. The molecule has 0 aliphatic rings. The van der Waals surface area contributed by atoms with E-state index in [0.29, 0.717) is 5.71 Å². The molecule has 0 atom stereocenters. The van der Waals surface area contributed by atoms with Crippen LogP contribution in [0.1, 0.15) is 0 Å². The van der Waals surface area contributed by atoms with Crippen molar-refractivity contribution in [3.8, 4) is 22.3 Å². The third-order valence-electron chi connectivity index (χ3n) is 6.89. The van der Waals surface area contributed by atoms with E-state index in [9.17, 15) is 0 Å². The van der Waals surface area contributed by atoms with Crippen molar-refractivity contribution in [2.45, 2.75) is 0 Å². The maximum absolute atomic E-state index is 6.05. The Morgan fingerprint density at radius 2 is 1.31 bits per heavy atom. The van der Waals surface area contributed by atoms with Crippen LogP contribution < -0.4 is 0 Å². The molecule has 0 aliphatic carbocycles. The van der Waals surface area contributed by atoms with Gasteiger partial charge >= 0.3 is 0 Å². The van der Waals surface area contributed by atoms with Crippen molar-refractivity contribution in [2.24, 2.45) is 0 Å². The molecule has 3 aromatic heterocycles. The topological polar surface area (TPSA) is 38.9 Å². The monoisotopic (exact) mass is 478 g/mol. The largest absolute Gasteiger partial charge is 0.436 e. The van der Waals surface area contributed by atoms with E-state index in [-0.39, 0.29) is 0 Å². The van der Waals surface area contributed by atoms with Crippen molar-refractivity contribution >= 4 is 64.7 Å². The molecule has 168 valence electrons. The van der Waals surface area contributed by atoms with Crippen LogP contribution in [0.5, 0.6) is 0 Å². The molecular weight excluding hydrogens is 460 g/mol. The number of fused-ring (bicyclic) bond motifs is 7. The zero-order valence-corrected chi connectivity index (χ0v) is 19.9.